The van der Waals surface area contributed by atoms with E-state index in [1.165, 1.54) is 4.68 Å². The Balaban J connectivity index is 1.62. The van der Waals surface area contributed by atoms with E-state index >= 15 is 0 Å². The molecular weight excluding hydrogens is 382 g/mol. The Bertz CT molecular complexity index is 1010. The molecule has 144 valence electrons. The fraction of sp³-hybridized carbons (Fsp3) is 0.158. The van der Waals surface area contributed by atoms with Crippen molar-refractivity contribution in [2.45, 2.75) is 11.9 Å². The lowest BCUT2D eigenvalue weighted by Crippen LogP contribution is -2.36. The largest absolute Gasteiger partial charge is 0.462 e. The zero-order valence-electron chi connectivity index (χ0n) is 15.0. The first-order valence-electron chi connectivity index (χ1n) is 8.47. The SMILES string of the molecule is CCOC(=O)c1ccc(NC(=O)CSc2c(=O)o[nH][n+]2-c2ccccc2)cc1. The molecule has 1 amide bonds. The summed E-state index contributed by atoms with van der Waals surface area (Å²) < 4.78 is 11.2. The van der Waals surface area contributed by atoms with Gasteiger partial charge in [-0.15, -0.1) is 0 Å². The number of carbonyl (C=O) groups excluding carboxylic acids is 2. The maximum absolute atomic E-state index is 12.2. The summed E-state index contributed by atoms with van der Waals surface area (Å²) in [4.78, 5) is 35.8. The lowest BCUT2D eigenvalue weighted by Gasteiger charge is -2.05. The van der Waals surface area contributed by atoms with Crippen LogP contribution < -0.4 is 15.6 Å². The van der Waals surface area contributed by atoms with Gasteiger partial charge in [0, 0.05) is 17.8 Å². The molecule has 2 aromatic carbocycles. The van der Waals surface area contributed by atoms with Gasteiger partial charge in [0.15, 0.2) is 0 Å². The van der Waals surface area contributed by atoms with E-state index in [0.717, 1.165) is 11.8 Å². The number of carbonyl (C=O) groups is 2. The molecule has 8 nitrogen and oxygen atoms in total. The van der Waals surface area contributed by atoms with Crippen molar-refractivity contribution in [1.82, 2.24) is 5.27 Å². The van der Waals surface area contributed by atoms with Crippen molar-refractivity contribution in [1.29, 1.82) is 0 Å². The van der Waals surface area contributed by atoms with Crippen LogP contribution >= 0.6 is 11.8 Å². The number of hydrogen-bond acceptors (Lipinski definition) is 6. The minimum atomic E-state index is -0.555. The number of aromatic nitrogens is 2. The Labute approximate surface area is 164 Å². The summed E-state index contributed by atoms with van der Waals surface area (Å²) in [6.07, 6.45) is 0. The number of nitrogens with zero attached hydrogens (tertiary/aromatic N) is 1. The molecule has 0 radical (unpaired) electrons. The van der Waals surface area contributed by atoms with Crippen LogP contribution in [0.4, 0.5) is 5.69 Å². The number of benzene rings is 2. The van der Waals surface area contributed by atoms with Gasteiger partial charge in [0.05, 0.1) is 17.9 Å². The first kappa shape index (κ1) is 19.4. The molecule has 1 heterocycles. The molecule has 0 aliphatic heterocycles. The third-order valence-corrected chi connectivity index (χ3v) is 4.67. The summed E-state index contributed by atoms with van der Waals surface area (Å²) in [7, 11) is 0. The highest BCUT2D eigenvalue weighted by atomic mass is 32.2. The van der Waals surface area contributed by atoms with Crippen LogP contribution in [-0.2, 0) is 9.53 Å². The minimum absolute atomic E-state index is 0.00900. The molecule has 0 aliphatic carbocycles. The van der Waals surface area contributed by atoms with Crippen LogP contribution in [0.1, 0.15) is 17.3 Å². The first-order chi connectivity index (χ1) is 13.6. The highest BCUT2D eigenvalue weighted by Crippen LogP contribution is 2.14. The maximum Gasteiger partial charge on any atom is 0.442 e. The summed E-state index contributed by atoms with van der Waals surface area (Å²) in [5, 5.41) is 5.50. The van der Waals surface area contributed by atoms with Crippen LogP contribution in [-0.4, -0.2) is 29.5 Å². The predicted molar refractivity (Wildman–Crippen MR) is 103 cm³/mol. The van der Waals surface area contributed by atoms with E-state index in [1.54, 1.807) is 43.3 Å². The minimum Gasteiger partial charge on any atom is -0.462 e. The summed E-state index contributed by atoms with van der Waals surface area (Å²) in [5.41, 5.74) is 1.10. The highest BCUT2D eigenvalue weighted by molar-refractivity contribution is 7.99. The number of ether oxygens (including phenoxy) is 1. The average Bonchev–Trinajstić information content (AvgIpc) is 3.08. The van der Waals surface area contributed by atoms with Crippen molar-refractivity contribution in [3.8, 4) is 5.69 Å². The van der Waals surface area contributed by atoms with Gasteiger partial charge in [0.25, 0.3) is 0 Å². The second kappa shape index (κ2) is 9.05. The molecule has 9 heteroatoms. The number of esters is 1. The molecule has 0 spiro atoms. The average molecular weight is 400 g/mol. The molecule has 0 fully saturated rings. The summed E-state index contributed by atoms with van der Waals surface area (Å²) in [6.45, 7) is 2.03. The molecule has 2 N–H and O–H groups in total. The Morgan fingerprint density at radius 2 is 1.86 bits per heavy atom. The lowest BCUT2D eigenvalue weighted by molar-refractivity contribution is -0.704. The van der Waals surface area contributed by atoms with Crippen LogP contribution in [0.5, 0.6) is 0 Å². The Hall–Kier alpha value is -3.33. The molecule has 28 heavy (non-hydrogen) atoms. The monoisotopic (exact) mass is 400 g/mol. The van der Waals surface area contributed by atoms with E-state index < -0.39 is 11.6 Å². The number of para-hydroxylation sites is 1. The molecule has 3 rings (SSSR count). The quantitative estimate of drug-likeness (QED) is 0.358. The lowest BCUT2D eigenvalue weighted by atomic mass is 10.2. The normalized spacial score (nSPS) is 10.5. The number of rotatable bonds is 7. The Morgan fingerprint density at radius 1 is 1.14 bits per heavy atom. The third-order valence-electron chi connectivity index (χ3n) is 3.64. The number of aromatic amines is 1. The van der Waals surface area contributed by atoms with Gasteiger partial charge in [0.2, 0.25) is 11.6 Å². The number of H-pyrrole nitrogens is 1. The van der Waals surface area contributed by atoms with Crippen molar-refractivity contribution in [2.75, 3.05) is 17.7 Å². The van der Waals surface area contributed by atoms with Crippen LogP contribution in [0, 0.1) is 0 Å². The molecule has 0 bridgehead atoms. The molecule has 0 unspecified atom stereocenters. The van der Waals surface area contributed by atoms with Gasteiger partial charge in [0.1, 0.15) is 0 Å². The van der Waals surface area contributed by atoms with Crippen molar-refractivity contribution in [2.24, 2.45) is 0 Å². The number of nitrogens with one attached hydrogen (secondary N) is 2. The molecule has 3 aromatic rings. The second-order valence-electron chi connectivity index (χ2n) is 5.59. The molecule has 0 atom stereocenters. The molecule has 0 aliphatic rings. The van der Waals surface area contributed by atoms with Gasteiger partial charge >= 0.3 is 16.6 Å². The second-order valence-corrected chi connectivity index (χ2v) is 6.56. The molecule has 1 aromatic heterocycles. The van der Waals surface area contributed by atoms with E-state index in [9.17, 15) is 14.4 Å². The molecule has 0 saturated heterocycles. The zero-order valence-corrected chi connectivity index (χ0v) is 15.8. The van der Waals surface area contributed by atoms with Gasteiger partial charge in [-0.3, -0.25) is 9.32 Å². The van der Waals surface area contributed by atoms with E-state index in [4.69, 9.17) is 9.26 Å². The van der Waals surface area contributed by atoms with Gasteiger partial charge in [-0.05, 0) is 52.9 Å². The predicted octanol–water partition coefficient (Wildman–Crippen LogP) is 2.15. The van der Waals surface area contributed by atoms with Gasteiger partial charge in [-0.25, -0.2) is 9.59 Å². The van der Waals surface area contributed by atoms with Gasteiger partial charge in [-0.2, -0.15) is 0 Å². The topological polar surface area (TPSA) is 105 Å². The molecule has 0 saturated carbocycles. The van der Waals surface area contributed by atoms with Crippen molar-refractivity contribution < 1.29 is 23.5 Å². The van der Waals surface area contributed by atoms with Crippen molar-refractivity contribution in [3.63, 3.8) is 0 Å². The fourth-order valence-electron chi connectivity index (χ4n) is 2.37. The van der Waals surface area contributed by atoms with E-state index in [2.05, 4.69) is 10.6 Å². The Morgan fingerprint density at radius 3 is 2.54 bits per heavy atom. The number of anilines is 1. The fourth-order valence-corrected chi connectivity index (χ4v) is 3.14. The number of hydrogen-bond donors (Lipinski definition) is 2. The van der Waals surface area contributed by atoms with Crippen LogP contribution in [0.15, 0.2) is 68.9 Å². The van der Waals surface area contributed by atoms with Gasteiger partial charge in [-0.1, -0.05) is 18.2 Å². The van der Waals surface area contributed by atoms with Crippen LogP contribution in [0.25, 0.3) is 5.69 Å². The van der Waals surface area contributed by atoms with Crippen molar-refractivity contribution >= 4 is 29.3 Å². The standard InChI is InChI=1S/C19H17N3O5S/c1-2-26-18(24)13-8-10-14(11-9-13)20-16(23)12-28-17-19(25)27-21-22(17)15-6-4-3-5-7-15/h3-11H,2,12H2,1H3,(H-,20,21,23,24,25)/p+1. The van der Waals surface area contributed by atoms with E-state index in [-0.39, 0.29) is 16.7 Å². The summed E-state index contributed by atoms with van der Waals surface area (Å²) >= 11 is 1.06. The van der Waals surface area contributed by atoms with Crippen LogP contribution in [0.3, 0.4) is 0 Å². The summed E-state index contributed by atoms with van der Waals surface area (Å²) in [5.74, 6) is -0.704. The van der Waals surface area contributed by atoms with E-state index in [0.29, 0.717) is 23.5 Å². The smallest absolute Gasteiger partial charge is 0.442 e. The van der Waals surface area contributed by atoms with Gasteiger partial charge < -0.3 is 10.1 Å². The Kier molecular flexibility index (Phi) is 6.28. The summed E-state index contributed by atoms with van der Waals surface area (Å²) in [6, 6.07) is 15.5. The van der Waals surface area contributed by atoms with Crippen LogP contribution in [0.2, 0.25) is 0 Å². The number of amides is 1. The van der Waals surface area contributed by atoms with Crippen molar-refractivity contribution in [3.05, 3.63) is 70.6 Å². The highest BCUT2D eigenvalue weighted by Gasteiger charge is 2.24. The number of thioether (sulfide) groups is 1. The third kappa shape index (κ3) is 4.68. The van der Waals surface area contributed by atoms with E-state index in [1.807, 2.05) is 18.2 Å². The molecular formula is C19H18N3O5S+. The first-order valence-corrected chi connectivity index (χ1v) is 9.46. The zero-order chi connectivity index (χ0) is 19.9. The maximum atomic E-state index is 12.2.